The third-order valence-corrected chi connectivity index (χ3v) is 4.56. The van der Waals surface area contributed by atoms with Crippen LogP contribution in [0.2, 0.25) is 0 Å². The van der Waals surface area contributed by atoms with Gasteiger partial charge in [0.15, 0.2) is 5.16 Å². The van der Waals surface area contributed by atoms with E-state index in [-0.39, 0.29) is 5.91 Å². The number of thioether (sulfide) groups is 1. The lowest BCUT2D eigenvalue weighted by Gasteiger charge is -2.26. The van der Waals surface area contributed by atoms with Crippen LogP contribution in [0.15, 0.2) is 5.16 Å². The number of nitrogens with zero attached hydrogens (tertiary/aromatic N) is 4. The molecule has 0 saturated carbocycles. The van der Waals surface area contributed by atoms with E-state index in [0.717, 1.165) is 43.5 Å². The summed E-state index contributed by atoms with van der Waals surface area (Å²) >= 11 is 1.51. The van der Waals surface area contributed by atoms with Crippen LogP contribution < -0.4 is 0 Å². The molecule has 1 aromatic heterocycles. The number of hydrogen-bond acceptors (Lipinski definition) is 4. The molecule has 0 spiro atoms. The van der Waals surface area contributed by atoms with Crippen LogP contribution in [-0.2, 0) is 11.3 Å². The molecule has 0 aliphatic carbocycles. The fraction of sp³-hybridized carbons (Fsp3) is 0.786. The predicted octanol–water partition coefficient (Wildman–Crippen LogP) is 2.53. The summed E-state index contributed by atoms with van der Waals surface area (Å²) in [6.45, 7) is 8.99. The number of likely N-dealkylation sites (tertiary alicyclic amines) is 1. The summed E-state index contributed by atoms with van der Waals surface area (Å²) in [6.07, 6.45) is 3.52. The summed E-state index contributed by atoms with van der Waals surface area (Å²) in [5.41, 5.74) is 0. The highest BCUT2D eigenvalue weighted by Crippen LogP contribution is 2.22. The highest BCUT2D eigenvalue weighted by Gasteiger charge is 2.19. The lowest BCUT2D eigenvalue weighted by atomic mass is 10.1. The molecule has 1 aliphatic rings. The Balaban J connectivity index is 1.94. The van der Waals surface area contributed by atoms with Crippen molar-refractivity contribution in [2.24, 2.45) is 0 Å². The minimum Gasteiger partial charge on any atom is -0.342 e. The molecule has 0 atom stereocenters. The second-order valence-electron chi connectivity index (χ2n) is 5.47. The molecule has 20 heavy (non-hydrogen) atoms. The van der Waals surface area contributed by atoms with Crippen LogP contribution in [0.5, 0.6) is 0 Å². The van der Waals surface area contributed by atoms with E-state index in [1.807, 2.05) is 4.90 Å². The molecule has 1 amide bonds. The maximum Gasteiger partial charge on any atom is 0.233 e. The van der Waals surface area contributed by atoms with Crippen molar-refractivity contribution in [1.82, 2.24) is 19.7 Å². The van der Waals surface area contributed by atoms with Crippen LogP contribution in [-0.4, -0.2) is 44.4 Å². The molecule has 112 valence electrons. The third kappa shape index (κ3) is 3.53. The fourth-order valence-electron chi connectivity index (χ4n) is 2.49. The molecule has 2 rings (SSSR count). The molecule has 2 heterocycles. The first-order valence-electron chi connectivity index (χ1n) is 7.47. The summed E-state index contributed by atoms with van der Waals surface area (Å²) in [4.78, 5) is 14.1. The van der Waals surface area contributed by atoms with Crippen LogP contribution >= 0.6 is 11.8 Å². The second kappa shape index (κ2) is 7.11. The molecule has 0 bridgehead atoms. The Bertz CT molecular complexity index is 452. The van der Waals surface area contributed by atoms with E-state index in [4.69, 9.17) is 0 Å². The number of rotatable bonds is 5. The maximum atomic E-state index is 12.2. The smallest absolute Gasteiger partial charge is 0.233 e. The normalized spacial score (nSPS) is 15.9. The molecule has 6 heteroatoms. The van der Waals surface area contributed by atoms with E-state index < -0.39 is 0 Å². The predicted molar refractivity (Wildman–Crippen MR) is 80.9 cm³/mol. The SMILES string of the molecule is CCn1c(SCC(=O)N2CCCCC2)nnc1C(C)C. The van der Waals surface area contributed by atoms with E-state index in [0.29, 0.717) is 11.7 Å². The van der Waals surface area contributed by atoms with Crippen molar-refractivity contribution in [3.8, 4) is 0 Å². The van der Waals surface area contributed by atoms with Gasteiger partial charge in [0.2, 0.25) is 5.91 Å². The number of piperidine rings is 1. The third-order valence-electron chi connectivity index (χ3n) is 3.61. The Kier molecular flexibility index (Phi) is 5.46. The lowest BCUT2D eigenvalue weighted by molar-refractivity contribution is -0.129. The fourth-order valence-corrected chi connectivity index (χ4v) is 3.40. The van der Waals surface area contributed by atoms with Crippen molar-refractivity contribution in [3.63, 3.8) is 0 Å². The molecule has 0 radical (unpaired) electrons. The molecule has 5 nitrogen and oxygen atoms in total. The Morgan fingerprint density at radius 1 is 1.25 bits per heavy atom. The van der Waals surface area contributed by atoms with E-state index in [1.54, 1.807) is 0 Å². The van der Waals surface area contributed by atoms with Gasteiger partial charge in [-0.3, -0.25) is 4.79 Å². The van der Waals surface area contributed by atoms with Crippen LogP contribution in [0.1, 0.15) is 51.8 Å². The summed E-state index contributed by atoms with van der Waals surface area (Å²) in [5.74, 6) is 2.05. The van der Waals surface area contributed by atoms with Gasteiger partial charge in [-0.15, -0.1) is 10.2 Å². The first kappa shape index (κ1) is 15.4. The highest BCUT2D eigenvalue weighted by molar-refractivity contribution is 7.99. The zero-order valence-corrected chi connectivity index (χ0v) is 13.4. The van der Waals surface area contributed by atoms with Gasteiger partial charge in [0.05, 0.1) is 5.75 Å². The van der Waals surface area contributed by atoms with Gasteiger partial charge >= 0.3 is 0 Å². The zero-order valence-electron chi connectivity index (χ0n) is 12.6. The van der Waals surface area contributed by atoms with E-state index >= 15 is 0 Å². The minimum absolute atomic E-state index is 0.228. The van der Waals surface area contributed by atoms with Crippen molar-refractivity contribution in [2.45, 2.75) is 57.7 Å². The van der Waals surface area contributed by atoms with Crippen molar-refractivity contribution in [3.05, 3.63) is 5.82 Å². The van der Waals surface area contributed by atoms with E-state index in [9.17, 15) is 4.79 Å². The average molecular weight is 296 g/mol. The largest absolute Gasteiger partial charge is 0.342 e. The zero-order chi connectivity index (χ0) is 14.5. The standard InChI is InChI=1S/C14H24N4OS/c1-4-18-13(11(2)3)15-16-14(18)20-10-12(19)17-8-6-5-7-9-17/h11H,4-10H2,1-3H3. The van der Waals surface area contributed by atoms with Crippen LogP contribution in [0.3, 0.4) is 0 Å². The first-order chi connectivity index (χ1) is 9.63. The summed E-state index contributed by atoms with van der Waals surface area (Å²) < 4.78 is 2.11. The van der Waals surface area contributed by atoms with Gasteiger partial charge in [-0.05, 0) is 26.2 Å². The maximum absolute atomic E-state index is 12.2. The molecule has 0 aromatic carbocycles. The number of carbonyl (C=O) groups is 1. The van der Waals surface area contributed by atoms with Crippen LogP contribution in [0.25, 0.3) is 0 Å². The average Bonchev–Trinajstić information content (AvgIpc) is 2.88. The number of aromatic nitrogens is 3. The van der Waals surface area contributed by atoms with Crippen molar-refractivity contribution in [1.29, 1.82) is 0 Å². The molecule has 1 fully saturated rings. The van der Waals surface area contributed by atoms with Gasteiger partial charge in [0, 0.05) is 25.6 Å². The monoisotopic (exact) mass is 296 g/mol. The van der Waals surface area contributed by atoms with E-state index in [1.165, 1.54) is 18.2 Å². The number of amides is 1. The molecular formula is C14H24N4OS. The van der Waals surface area contributed by atoms with Crippen LogP contribution in [0, 0.1) is 0 Å². The quantitative estimate of drug-likeness (QED) is 0.784. The Labute approximate surface area is 125 Å². The van der Waals surface area contributed by atoms with Gasteiger partial charge in [0.1, 0.15) is 5.82 Å². The lowest BCUT2D eigenvalue weighted by Crippen LogP contribution is -2.36. The Morgan fingerprint density at radius 3 is 2.55 bits per heavy atom. The highest BCUT2D eigenvalue weighted by atomic mass is 32.2. The van der Waals surface area contributed by atoms with Gasteiger partial charge < -0.3 is 9.47 Å². The molecule has 0 N–H and O–H groups in total. The summed E-state index contributed by atoms with van der Waals surface area (Å²) in [6, 6.07) is 0. The Morgan fingerprint density at radius 2 is 1.95 bits per heavy atom. The van der Waals surface area contributed by atoms with E-state index in [2.05, 4.69) is 35.5 Å². The van der Waals surface area contributed by atoms with Crippen molar-refractivity contribution in [2.75, 3.05) is 18.8 Å². The van der Waals surface area contributed by atoms with Gasteiger partial charge in [-0.1, -0.05) is 25.6 Å². The second-order valence-corrected chi connectivity index (χ2v) is 6.41. The molecule has 1 aromatic rings. The molecule has 1 saturated heterocycles. The van der Waals surface area contributed by atoms with Crippen molar-refractivity contribution < 1.29 is 4.79 Å². The van der Waals surface area contributed by atoms with Crippen molar-refractivity contribution >= 4 is 17.7 Å². The first-order valence-corrected chi connectivity index (χ1v) is 8.45. The summed E-state index contributed by atoms with van der Waals surface area (Å²) in [7, 11) is 0. The molecular weight excluding hydrogens is 272 g/mol. The summed E-state index contributed by atoms with van der Waals surface area (Å²) in [5, 5.41) is 9.34. The topological polar surface area (TPSA) is 51.0 Å². The van der Waals surface area contributed by atoms with Gasteiger partial charge in [0.25, 0.3) is 0 Å². The van der Waals surface area contributed by atoms with Gasteiger partial charge in [-0.2, -0.15) is 0 Å². The molecule has 0 unspecified atom stereocenters. The van der Waals surface area contributed by atoms with Crippen LogP contribution in [0.4, 0.5) is 0 Å². The number of carbonyl (C=O) groups excluding carboxylic acids is 1. The Hall–Kier alpha value is -1.04. The minimum atomic E-state index is 0.228. The van der Waals surface area contributed by atoms with Gasteiger partial charge in [-0.25, -0.2) is 0 Å². The molecule has 1 aliphatic heterocycles. The number of hydrogen-bond donors (Lipinski definition) is 0.